The van der Waals surface area contributed by atoms with Gasteiger partial charge in [0.05, 0.1) is 15.7 Å². The molecule has 2 radical (unpaired) electrons. The van der Waals surface area contributed by atoms with Gasteiger partial charge in [0, 0.05) is 77.3 Å². The Hall–Kier alpha value is -0.626. The highest BCUT2D eigenvalue weighted by atomic mass is 28.4. The normalized spacial score (nSPS) is 20.1. The van der Waals surface area contributed by atoms with Crippen LogP contribution in [0.2, 0.25) is 5.16 Å². The van der Waals surface area contributed by atoms with Crippen LogP contribution in [0.25, 0.3) is 0 Å². The summed E-state index contributed by atoms with van der Waals surface area (Å²) in [6, 6.07) is 10.9. The second-order valence-electron chi connectivity index (χ2n) is 10.4. The molecular formula is C28H52N4O3Si2. The van der Waals surface area contributed by atoms with E-state index in [1.165, 1.54) is 76.8 Å². The van der Waals surface area contributed by atoms with E-state index in [9.17, 15) is 0 Å². The molecule has 2 saturated heterocycles. The minimum absolute atomic E-state index is 0.306. The number of piperazine rings is 2. The summed E-state index contributed by atoms with van der Waals surface area (Å²) in [5.41, 5.74) is 0. The lowest BCUT2D eigenvalue weighted by molar-refractivity contribution is -0.0143. The van der Waals surface area contributed by atoms with Gasteiger partial charge in [0.2, 0.25) is 0 Å². The highest BCUT2D eigenvalue weighted by Crippen LogP contribution is 2.31. The summed E-state index contributed by atoms with van der Waals surface area (Å²) in [5, 5.41) is 1.68. The van der Waals surface area contributed by atoms with Gasteiger partial charge in [0.1, 0.15) is 0 Å². The van der Waals surface area contributed by atoms with Crippen LogP contribution in [0.1, 0.15) is 46.5 Å². The first-order chi connectivity index (χ1) is 18.0. The molecule has 0 saturated carbocycles. The number of benzene rings is 1. The van der Waals surface area contributed by atoms with Gasteiger partial charge < -0.3 is 23.1 Å². The zero-order chi connectivity index (χ0) is 26.5. The lowest BCUT2D eigenvalue weighted by Gasteiger charge is -2.46. The molecule has 0 amide bonds. The van der Waals surface area contributed by atoms with Crippen molar-refractivity contribution in [1.82, 2.24) is 19.6 Å². The van der Waals surface area contributed by atoms with Gasteiger partial charge in [0.25, 0.3) is 0 Å². The predicted octanol–water partition coefficient (Wildman–Crippen LogP) is 2.77. The van der Waals surface area contributed by atoms with Gasteiger partial charge in [-0.05, 0) is 47.7 Å². The Morgan fingerprint density at radius 3 is 1.62 bits per heavy atom. The summed E-state index contributed by atoms with van der Waals surface area (Å²) in [5.74, 6) is 0. The molecule has 2 fully saturated rings. The first-order valence-electron chi connectivity index (χ1n) is 14.6. The number of rotatable bonds is 16. The monoisotopic (exact) mass is 548 g/mol. The highest BCUT2D eigenvalue weighted by molar-refractivity contribution is 6.78. The van der Waals surface area contributed by atoms with Crippen molar-refractivity contribution in [3.05, 3.63) is 30.3 Å². The molecule has 37 heavy (non-hydrogen) atoms. The summed E-state index contributed by atoms with van der Waals surface area (Å²) in [6.07, 6.45) is 5.31. The Bertz CT molecular complexity index is 692. The Morgan fingerprint density at radius 1 is 0.703 bits per heavy atom. The van der Waals surface area contributed by atoms with Gasteiger partial charge in [-0.1, -0.05) is 48.4 Å². The SMILES string of the molecule is CCO[Si](OCC)(OCC)C(CCCCC(N1CCN(C)CC1)N1CCN(C)CC1)[Si]c1ccccc1. The highest BCUT2D eigenvalue weighted by Gasteiger charge is 2.48. The second kappa shape index (κ2) is 16.5. The average molecular weight is 549 g/mol. The topological polar surface area (TPSA) is 40.7 Å². The van der Waals surface area contributed by atoms with Gasteiger partial charge in [-0.3, -0.25) is 9.80 Å². The summed E-state index contributed by atoms with van der Waals surface area (Å²) in [6.45, 7) is 17.5. The molecule has 0 N–H and O–H groups in total. The van der Waals surface area contributed by atoms with Crippen LogP contribution in [0.15, 0.2) is 30.3 Å². The second-order valence-corrected chi connectivity index (χ2v) is 15.3. The molecule has 9 heteroatoms. The fraction of sp³-hybridized carbons (Fsp3) is 0.786. The zero-order valence-electron chi connectivity index (χ0n) is 24.2. The fourth-order valence-corrected chi connectivity index (χ4v) is 11.3. The molecule has 1 aromatic carbocycles. The maximum Gasteiger partial charge on any atom is 0.501 e. The molecule has 2 aliphatic heterocycles. The van der Waals surface area contributed by atoms with Gasteiger partial charge in [-0.25, -0.2) is 0 Å². The Kier molecular flexibility index (Phi) is 13.8. The van der Waals surface area contributed by atoms with Crippen LogP contribution in [-0.4, -0.2) is 130 Å². The standard InChI is InChI=1S/C28H52N4O3Si2/c1-6-33-37(34-7-2,35-8-3)28(36-26-14-10-9-11-15-26)17-13-12-16-27(31-22-18-29(4)19-23-31)32-24-20-30(5)21-25-32/h9-11,14-15,27-28H,6-8,12-13,16-25H2,1-5H3. The molecule has 7 nitrogen and oxygen atoms in total. The minimum atomic E-state index is -2.78. The Labute approximate surface area is 230 Å². The number of nitrogens with zero attached hydrogens (tertiary/aromatic N) is 4. The Balaban J connectivity index is 1.67. The number of likely N-dealkylation sites (N-methyl/N-ethyl adjacent to an activating group) is 2. The molecular weight excluding hydrogens is 497 g/mol. The lowest BCUT2D eigenvalue weighted by atomic mass is 10.1. The smallest absolute Gasteiger partial charge is 0.374 e. The van der Waals surface area contributed by atoms with E-state index >= 15 is 0 Å². The van der Waals surface area contributed by atoms with Crippen molar-refractivity contribution in [2.24, 2.45) is 0 Å². The van der Waals surface area contributed by atoms with E-state index in [1.807, 2.05) is 0 Å². The van der Waals surface area contributed by atoms with Crippen molar-refractivity contribution in [3.8, 4) is 0 Å². The predicted molar refractivity (Wildman–Crippen MR) is 157 cm³/mol. The molecule has 1 unspecified atom stereocenters. The minimum Gasteiger partial charge on any atom is -0.374 e. The van der Waals surface area contributed by atoms with Crippen LogP contribution in [0.3, 0.4) is 0 Å². The van der Waals surface area contributed by atoms with Gasteiger partial charge in [-0.2, -0.15) is 0 Å². The van der Waals surface area contributed by atoms with Crippen molar-refractivity contribution in [2.75, 3.05) is 86.3 Å². The van der Waals surface area contributed by atoms with E-state index in [-0.39, 0.29) is 0 Å². The van der Waals surface area contributed by atoms with E-state index in [1.54, 1.807) is 0 Å². The van der Waals surface area contributed by atoms with Crippen LogP contribution >= 0.6 is 0 Å². The van der Waals surface area contributed by atoms with Gasteiger partial charge in [-0.15, -0.1) is 0 Å². The quantitative estimate of drug-likeness (QED) is 0.232. The van der Waals surface area contributed by atoms with Crippen molar-refractivity contribution in [3.63, 3.8) is 0 Å². The third-order valence-electron chi connectivity index (χ3n) is 7.70. The largest absolute Gasteiger partial charge is 0.501 e. The van der Waals surface area contributed by atoms with Gasteiger partial charge >= 0.3 is 8.80 Å². The average Bonchev–Trinajstić information content (AvgIpc) is 2.90. The summed E-state index contributed by atoms with van der Waals surface area (Å²) >= 11 is 0. The van der Waals surface area contributed by atoms with E-state index < -0.39 is 8.80 Å². The number of hydrogen-bond donors (Lipinski definition) is 0. The molecule has 3 rings (SSSR count). The van der Waals surface area contributed by atoms with Crippen molar-refractivity contribution < 1.29 is 13.3 Å². The third-order valence-corrected chi connectivity index (χ3v) is 13.7. The maximum absolute atomic E-state index is 6.41. The fourth-order valence-electron chi connectivity index (χ4n) is 5.61. The molecule has 2 aliphatic rings. The third kappa shape index (κ3) is 9.51. The van der Waals surface area contributed by atoms with Crippen LogP contribution < -0.4 is 5.19 Å². The molecule has 1 aromatic rings. The molecule has 0 bridgehead atoms. The van der Waals surface area contributed by atoms with E-state index in [0.29, 0.717) is 40.7 Å². The van der Waals surface area contributed by atoms with E-state index in [2.05, 4.69) is 84.8 Å². The molecule has 0 aliphatic carbocycles. The number of unbranched alkanes of at least 4 members (excludes halogenated alkanes) is 1. The summed E-state index contributed by atoms with van der Waals surface area (Å²) in [4.78, 5) is 10.4. The molecule has 2 heterocycles. The van der Waals surface area contributed by atoms with E-state index in [0.717, 1.165) is 6.42 Å². The van der Waals surface area contributed by atoms with Crippen molar-refractivity contribution >= 4 is 23.5 Å². The molecule has 210 valence electrons. The Morgan fingerprint density at radius 2 is 1.16 bits per heavy atom. The summed E-state index contributed by atoms with van der Waals surface area (Å²) in [7, 11) is 2.36. The van der Waals surface area contributed by atoms with Crippen LogP contribution in [-0.2, 0) is 13.3 Å². The number of hydrogen-bond acceptors (Lipinski definition) is 7. The van der Waals surface area contributed by atoms with Crippen LogP contribution in [0.4, 0.5) is 0 Å². The first kappa shape index (κ1) is 30.9. The van der Waals surface area contributed by atoms with Gasteiger partial charge in [0.15, 0.2) is 0 Å². The van der Waals surface area contributed by atoms with Crippen molar-refractivity contribution in [2.45, 2.75) is 57.8 Å². The first-order valence-corrected chi connectivity index (χ1v) is 17.5. The maximum atomic E-state index is 6.41. The lowest BCUT2D eigenvalue weighted by Crippen LogP contribution is -2.59. The molecule has 0 spiro atoms. The summed E-state index contributed by atoms with van der Waals surface area (Å²) < 4.78 is 19.2. The van der Waals surface area contributed by atoms with Crippen LogP contribution in [0.5, 0.6) is 0 Å². The van der Waals surface area contributed by atoms with E-state index in [4.69, 9.17) is 13.3 Å². The molecule has 0 aromatic heterocycles. The van der Waals surface area contributed by atoms with Crippen LogP contribution in [0, 0.1) is 0 Å². The molecule has 1 atom stereocenters. The zero-order valence-corrected chi connectivity index (χ0v) is 26.2. The van der Waals surface area contributed by atoms with Crippen molar-refractivity contribution in [1.29, 1.82) is 0 Å².